The molecule has 118 valence electrons. The summed E-state index contributed by atoms with van der Waals surface area (Å²) in [5.41, 5.74) is 0. The van der Waals surface area contributed by atoms with Crippen molar-refractivity contribution in [1.82, 2.24) is 0 Å². The largest absolute Gasteiger partial charge is 1.00 e. The minimum Gasteiger partial charge on any atom is -1.00 e. The third kappa shape index (κ3) is 13.7. The van der Waals surface area contributed by atoms with Crippen LogP contribution in [0.15, 0.2) is 0 Å². The predicted molar refractivity (Wildman–Crippen MR) is 84.4 cm³/mol. The Morgan fingerprint density at radius 1 is 0.684 bits per heavy atom. The summed E-state index contributed by atoms with van der Waals surface area (Å²) in [6.07, 6.45) is 12.4. The van der Waals surface area contributed by atoms with E-state index < -0.39 is 0 Å². The van der Waals surface area contributed by atoms with Gasteiger partial charge in [0, 0.05) is 0 Å². The zero-order valence-electron chi connectivity index (χ0n) is 13.4. The maximum atomic E-state index is 5.96. The van der Waals surface area contributed by atoms with Gasteiger partial charge in [-0.1, -0.05) is 46.0 Å². The minimum atomic E-state index is 0. The van der Waals surface area contributed by atoms with Crippen LogP contribution in [0.1, 0.15) is 71.6 Å². The summed E-state index contributed by atoms with van der Waals surface area (Å²) in [6.45, 7) is 8.33. The van der Waals surface area contributed by atoms with Crippen molar-refractivity contribution in [3.8, 4) is 0 Å². The molecular formula is C16H35ClIN. The Hall–Kier alpha value is 0.980. The van der Waals surface area contributed by atoms with E-state index in [1.807, 2.05) is 0 Å². The molecule has 3 heteroatoms. The second kappa shape index (κ2) is 15.4. The molecule has 0 saturated heterocycles. The highest BCUT2D eigenvalue weighted by molar-refractivity contribution is 6.17. The van der Waals surface area contributed by atoms with E-state index in [0.717, 1.165) is 12.4 Å². The van der Waals surface area contributed by atoms with Crippen molar-refractivity contribution in [2.75, 3.05) is 32.6 Å². The van der Waals surface area contributed by atoms with Crippen LogP contribution in [-0.2, 0) is 0 Å². The normalized spacial score (nSPS) is 13.9. The van der Waals surface area contributed by atoms with Crippen molar-refractivity contribution in [1.29, 1.82) is 0 Å². The van der Waals surface area contributed by atoms with Gasteiger partial charge in [-0.15, -0.1) is 11.6 Å². The van der Waals surface area contributed by atoms with Crippen molar-refractivity contribution in [2.45, 2.75) is 71.6 Å². The molecule has 0 saturated carbocycles. The molecular weight excluding hydrogens is 369 g/mol. The standard InChI is InChI=1S/C16H35ClN.HI/c1-4-6-8-9-10-12-15-18(3,16-13-17)14-11-7-5-2;/h4-16H2,1-3H3;1H/q+1;/p-1. The van der Waals surface area contributed by atoms with E-state index in [1.165, 1.54) is 75.4 Å². The SMILES string of the molecule is CCCCCCCC[N+](C)(CCCl)CCCCC.[I-]. The van der Waals surface area contributed by atoms with Crippen LogP contribution < -0.4 is 24.0 Å². The number of alkyl halides is 1. The van der Waals surface area contributed by atoms with E-state index in [9.17, 15) is 0 Å². The van der Waals surface area contributed by atoms with Crippen LogP contribution in [0, 0.1) is 0 Å². The van der Waals surface area contributed by atoms with Crippen molar-refractivity contribution >= 4 is 11.6 Å². The third-order valence-corrected chi connectivity index (χ3v) is 4.15. The van der Waals surface area contributed by atoms with Gasteiger partial charge in [0.05, 0.1) is 32.6 Å². The molecule has 1 unspecified atom stereocenters. The maximum Gasteiger partial charge on any atom is 0.0922 e. The smallest absolute Gasteiger partial charge is 0.0922 e. The third-order valence-electron chi connectivity index (χ3n) is 3.98. The molecule has 19 heavy (non-hydrogen) atoms. The molecule has 0 aliphatic carbocycles. The number of unbranched alkanes of at least 4 members (excludes halogenated alkanes) is 7. The molecule has 0 amide bonds. The molecule has 1 atom stereocenters. The maximum absolute atomic E-state index is 5.96. The molecule has 1 nitrogen and oxygen atoms in total. The lowest BCUT2D eigenvalue weighted by molar-refractivity contribution is -0.907. The Morgan fingerprint density at radius 3 is 1.63 bits per heavy atom. The number of hydrogen-bond donors (Lipinski definition) is 0. The average Bonchev–Trinajstić information content (AvgIpc) is 2.34. The van der Waals surface area contributed by atoms with Crippen LogP contribution in [0.5, 0.6) is 0 Å². The van der Waals surface area contributed by atoms with Gasteiger partial charge >= 0.3 is 0 Å². The molecule has 0 spiro atoms. The first-order chi connectivity index (χ1) is 8.68. The first kappa shape index (κ1) is 22.3. The van der Waals surface area contributed by atoms with Crippen LogP contribution >= 0.6 is 11.6 Å². The van der Waals surface area contributed by atoms with Crippen LogP contribution in [0.2, 0.25) is 0 Å². The summed E-state index contributed by atoms with van der Waals surface area (Å²) in [5, 5.41) is 0. The molecule has 0 aliphatic heterocycles. The Balaban J connectivity index is 0. The van der Waals surface area contributed by atoms with E-state index in [0.29, 0.717) is 0 Å². The van der Waals surface area contributed by atoms with E-state index in [-0.39, 0.29) is 24.0 Å². The quantitative estimate of drug-likeness (QED) is 0.191. The number of nitrogens with zero attached hydrogens (tertiary/aromatic N) is 1. The fourth-order valence-corrected chi connectivity index (χ4v) is 2.96. The highest BCUT2D eigenvalue weighted by atomic mass is 127. The zero-order valence-corrected chi connectivity index (χ0v) is 16.3. The van der Waals surface area contributed by atoms with Crippen molar-refractivity contribution in [2.24, 2.45) is 0 Å². The minimum absolute atomic E-state index is 0. The lowest BCUT2D eigenvalue weighted by Gasteiger charge is -2.34. The molecule has 0 aromatic rings. The molecule has 0 heterocycles. The van der Waals surface area contributed by atoms with Gasteiger partial charge < -0.3 is 28.5 Å². The van der Waals surface area contributed by atoms with Crippen LogP contribution in [0.4, 0.5) is 0 Å². The number of quaternary nitrogens is 1. The van der Waals surface area contributed by atoms with E-state index >= 15 is 0 Å². The number of rotatable bonds is 13. The lowest BCUT2D eigenvalue weighted by atomic mass is 10.1. The second-order valence-electron chi connectivity index (χ2n) is 5.95. The van der Waals surface area contributed by atoms with Gasteiger partial charge in [0.15, 0.2) is 0 Å². The van der Waals surface area contributed by atoms with Gasteiger partial charge in [-0.25, -0.2) is 0 Å². The predicted octanol–water partition coefficient (Wildman–Crippen LogP) is 2.23. The molecule has 0 aromatic carbocycles. The first-order valence-electron chi connectivity index (χ1n) is 8.08. The highest BCUT2D eigenvalue weighted by Gasteiger charge is 2.19. The van der Waals surface area contributed by atoms with Crippen molar-refractivity contribution < 1.29 is 28.5 Å². The van der Waals surface area contributed by atoms with Crippen LogP contribution in [0.25, 0.3) is 0 Å². The summed E-state index contributed by atoms with van der Waals surface area (Å²) < 4.78 is 1.19. The molecule has 0 rings (SSSR count). The van der Waals surface area contributed by atoms with Gasteiger partial charge in [0.25, 0.3) is 0 Å². The first-order valence-corrected chi connectivity index (χ1v) is 8.61. The van der Waals surface area contributed by atoms with E-state index in [2.05, 4.69) is 20.9 Å². The summed E-state index contributed by atoms with van der Waals surface area (Å²) in [7, 11) is 2.39. The van der Waals surface area contributed by atoms with Gasteiger partial charge in [-0.2, -0.15) is 0 Å². The second-order valence-corrected chi connectivity index (χ2v) is 6.33. The van der Waals surface area contributed by atoms with Gasteiger partial charge in [0.2, 0.25) is 0 Å². The monoisotopic (exact) mass is 403 g/mol. The van der Waals surface area contributed by atoms with Crippen molar-refractivity contribution in [3.05, 3.63) is 0 Å². The van der Waals surface area contributed by atoms with E-state index in [4.69, 9.17) is 11.6 Å². The fraction of sp³-hybridized carbons (Fsp3) is 1.00. The average molecular weight is 404 g/mol. The van der Waals surface area contributed by atoms with Crippen LogP contribution in [-0.4, -0.2) is 37.0 Å². The topological polar surface area (TPSA) is 0 Å². The van der Waals surface area contributed by atoms with E-state index in [1.54, 1.807) is 0 Å². The molecule has 0 aromatic heterocycles. The van der Waals surface area contributed by atoms with Gasteiger partial charge in [0.1, 0.15) is 0 Å². The van der Waals surface area contributed by atoms with Crippen LogP contribution in [0.3, 0.4) is 0 Å². The summed E-state index contributed by atoms with van der Waals surface area (Å²) in [5.74, 6) is 0.804. The van der Waals surface area contributed by atoms with Gasteiger partial charge in [-0.05, 0) is 25.7 Å². The molecule has 0 bridgehead atoms. The Bertz CT molecular complexity index is 178. The molecule has 0 fully saturated rings. The number of halogens is 2. The molecule has 0 radical (unpaired) electrons. The Labute approximate surface area is 144 Å². The van der Waals surface area contributed by atoms with Crippen molar-refractivity contribution in [3.63, 3.8) is 0 Å². The summed E-state index contributed by atoms with van der Waals surface area (Å²) in [6, 6.07) is 0. The highest BCUT2D eigenvalue weighted by Crippen LogP contribution is 2.12. The molecule has 0 N–H and O–H groups in total. The summed E-state index contributed by atoms with van der Waals surface area (Å²) >= 11 is 5.96. The Kier molecular flexibility index (Phi) is 18.0. The summed E-state index contributed by atoms with van der Waals surface area (Å²) in [4.78, 5) is 0. The zero-order chi connectivity index (χ0) is 13.7. The number of hydrogen-bond acceptors (Lipinski definition) is 0. The fourth-order valence-electron chi connectivity index (χ4n) is 2.56. The Morgan fingerprint density at radius 2 is 1.11 bits per heavy atom. The molecule has 0 aliphatic rings. The lowest BCUT2D eigenvalue weighted by Crippen LogP contribution is -3.00. The van der Waals surface area contributed by atoms with Gasteiger partial charge in [-0.3, -0.25) is 0 Å².